The first kappa shape index (κ1) is 15.7. The van der Waals surface area contributed by atoms with E-state index in [0.717, 1.165) is 42.8 Å². The van der Waals surface area contributed by atoms with E-state index in [-0.39, 0.29) is 0 Å². The molecule has 0 unspecified atom stereocenters. The number of thioether (sulfide) groups is 1. The Morgan fingerprint density at radius 3 is 2.83 bits per heavy atom. The Hall–Kier alpha value is -1.76. The first-order valence-corrected chi connectivity index (χ1v) is 9.84. The molecule has 1 saturated carbocycles. The van der Waals surface area contributed by atoms with Crippen LogP contribution in [0.3, 0.4) is 0 Å². The molecule has 7 heteroatoms. The summed E-state index contributed by atoms with van der Waals surface area (Å²) in [6, 6.07) is 2.53. The summed E-state index contributed by atoms with van der Waals surface area (Å²) in [6.45, 7) is 1.86. The van der Waals surface area contributed by atoms with Crippen molar-refractivity contribution in [1.82, 2.24) is 19.9 Å². The third kappa shape index (κ3) is 2.64. The number of nitrogens with one attached hydrogen (secondary N) is 1. The molecule has 4 rings (SSSR count). The van der Waals surface area contributed by atoms with E-state index in [2.05, 4.69) is 31.8 Å². The number of hydrogen-bond acceptors (Lipinski definition) is 5. The zero-order valence-corrected chi connectivity index (χ0v) is 14.9. The molecular weight excluding hydrogens is 322 g/mol. The predicted octanol–water partition coefficient (Wildman–Crippen LogP) is 1.99. The SMILES string of the molecule is CSCC(=O)N1C[C@H]2C[C@@H](N(C)c3ncnc4[nH]ccc34)C[C@H]2C1. The first-order valence-electron chi connectivity index (χ1n) is 8.45. The Kier molecular flexibility index (Phi) is 4.12. The Morgan fingerprint density at radius 1 is 1.38 bits per heavy atom. The summed E-state index contributed by atoms with van der Waals surface area (Å²) in [4.78, 5) is 28.4. The van der Waals surface area contributed by atoms with Gasteiger partial charge in [-0.15, -0.1) is 0 Å². The van der Waals surface area contributed by atoms with E-state index in [0.29, 0.717) is 29.5 Å². The van der Waals surface area contributed by atoms with Crippen molar-refractivity contribution in [3.63, 3.8) is 0 Å². The molecule has 2 fully saturated rings. The van der Waals surface area contributed by atoms with Crippen molar-refractivity contribution in [3.05, 3.63) is 18.6 Å². The number of likely N-dealkylation sites (tertiary alicyclic amines) is 1. The molecule has 1 aliphatic heterocycles. The summed E-state index contributed by atoms with van der Waals surface area (Å²) in [5, 5.41) is 1.08. The zero-order valence-electron chi connectivity index (χ0n) is 14.1. The molecule has 3 heterocycles. The standard InChI is InChI=1S/C17H23N5OS/c1-21(17-14-3-4-18-16(14)19-10-20-17)13-5-11-7-22(8-12(11)6-13)15(23)9-24-2/h3-4,10-13H,5-9H2,1-2H3,(H,18,19,20)/t11-,12+,13-. The number of hydrogen-bond donors (Lipinski definition) is 1. The van der Waals surface area contributed by atoms with Crippen molar-refractivity contribution < 1.29 is 4.79 Å². The highest BCUT2D eigenvalue weighted by Crippen LogP contribution is 2.41. The maximum Gasteiger partial charge on any atom is 0.232 e. The maximum absolute atomic E-state index is 12.1. The minimum Gasteiger partial charge on any atom is -0.356 e. The fourth-order valence-corrected chi connectivity index (χ4v) is 4.74. The van der Waals surface area contributed by atoms with Gasteiger partial charge in [0.25, 0.3) is 0 Å². The number of aromatic nitrogens is 3. The molecule has 128 valence electrons. The number of carbonyl (C=O) groups excluding carboxylic acids is 1. The van der Waals surface area contributed by atoms with E-state index in [1.165, 1.54) is 0 Å². The highest BCUT2D eigenvalue weighted by Gasteiger charge is 2.43. The van der Waals surface area contributed by atoms with Crippen molar-refractivity contribution in [2.24, 2.45) is 11.8 Å². The van der Waals surface area contributed by atoms with Gasteiger partial charge in [0.2, 0.25) is 5.91 Å². The van der Waals surface area contributed by atoms with Crippen LogP contribution in [0, 0.1) is 11.8 Å². The van der Waals surface area contributed by atoms with Gasteiger partial charge in [0, 0.05) is 32.4 Å². The van der Waals surface area contributed by atoms with Crippen LogP contribution in [0.2, 0.25) is 0 Å². The van der Waals surface area contributed by atoms with Gasteiger partial charge in [0.05, 0.1) is 11.1 Å². The van der Waals surface area contributed by atoms with Gasteiger partial charge in [0.15, 0.2) is 0 Å². The minimum absolute atomic E-state index is 0.298. The van der Waals surface area contributed by atoms with Gasteiger partial charge >= 0.3 is 0 Å². The van der Waals surface area contributed by atoms with E-state index >= 15 is 0 Å². The highest BCUT2D eigenvalue weighted by molar-refractivity contribution is 7.99. The second-order valence-corrected chi connectivity index (χ2v) is 7.79. The van der Waals surface area contributed by atoms with Crippen LogP contribution < -0.4 is 4.90 Å². The van der Waals surface area contributed by atoms with Crippen LogP contribution in [0.25, 0.3) is 11.0 Å². The van der Waals surface area contributed by atoms with Crippen LogP contribution >= 0.6 is 11.8 Å². The van der Waals surface area contributed by atoms with Gasteiger partial charge < -0.3 is 14.8 Å². The van der Waals surface area contributed by atoms with Gasteiger partial charge in [-0.2, -0.15) is 11.8 Å². The molecule has 0 aromatic carbocycles. The lowest BCUT2D eigenvalue weighted by Crippen LogP contribution is -2.35. The molecule has 0 bridgehead atoms. The summed E-state index contributed by atoms with van der Waals surface area (Å²) in [5.74, 6) is 3.17. The molecule has 24 heavy (non-hydrogen) atoms. The molecule has 2 aliphatic rings. The second-order valence-electron chi connectivity index (χ2n) is 6.93. The van der Waals surface area contributed by atoms with Crippen molar-refractivity contribution in [2.45, 2.75) is 18.9 Å². The topological polar surface area (TPSA) is 65.1 Å². The van der Waals surface area contributed by atoms with Crippen LogP contribution in [0.5, 0.6) is 0 Å². The van der Waals surface area contributed by atoms with Crippen molar-refractivity contribution in [3.8, 4) is 0 Å². The number of carbonyl (C=O) groups is 1. The minimum atomic E-state index is 0.298. The van der Waals surface area contributed by atoms with E-state index in [1.807, 2.05) is 18.5 Å². The molecule has 3 atom stereocenters. The highest BCUT2D eigenvalue weighted by atomic mass is 32.2. The average molecular weight is 345 g/mol. The lowest BCUT2D eigenvalue weighted by molar-refractivity contribution is -0.127. The summed E-state index contributed by atoms with van der Waals surface area (Å²) in [5.41, 5.74) is 0.888. The third-order valence-corrected chi connectivity index (χ3v) is 6.10. The second kappa shape index (κ2) is 6.27. The number of amides is 1. The number of H-pyrrole nitrogens is 1. The Labute approximate surface area is 146 Å². The van der Waals surface area contributed by atoms with Crippen molar-refractivity contribution >= 4 is 34.5 Å². The van der Waals surface area contributed by atoms with Crippen molar-refractivity contribution in [1.29, 1.82) is 0 Å². The quantitative estimate of drug-likeness (QED) is 0.918. The van der Waals surface area contributed by atoms with Gasteiger partial charge in [0.1, 0.15) is 17.8 Å². The van der Waals surface area contributed by atoms with E-state index in [9.17, 15) is 4.79 Å². The Balaban J connectivity index is 1.45. The van der Waals surface area contributed by atoms with Gasteiger partial charge in [-0.1, -0.05) is 0 Å². The summed E-state index contributed by atoms with van der Waals surface area (Å²) in [7, 11) is 2.14. The zero-order chi connectivity index (χ0) is 16.7. The number of anilines is 1. The van der Waals surface area contributed by atoms with Crippen LogP contribution in [0.15, 0.2) is 18.6 Å². The fourth-order valence-electron chi connectivity index (χ4n) is 4.32. The molecule has 2 aromatic heterocycles. The van der Waals surface area contributed by atoms with Gasteiger partial charge in [-0.05, 0) is 37.0 Å². The number of aromatic amines is 1. The average Bonchev–Trinajstić information content (AvgIpc) is 3.27. The number of rotatable bonds is 4. The largest absolute Gasteiger partial charge is 0.356 e. The number of fused-ring (bicyclic) bond motifs is 2. The van der Waals surface area contributed by atoms with Crippen LogP contribution in [0.1, 0.15) is 12.8 Å². The molecule has 1 N–H and O–H groups in total. The maximum atomic E-state index is 12.1. The van der Waals surface area contributed by atoms with Crippen LogP contribution in [-0.4, -0.2) is 63.9 Å². The smallest absolute Gasteiger partial charge is 0.232 e. The lowest BCUT2D eigenvalue weighted by atomic mass is 10.0. The normalized spacial score (nSPS) is 26.1. The molecule has 1 amide bonds. The third-order valence-electron chi connectivity index (χ3n) is 5.56. The summed E-state index contributed by atoms with van der Waals surface area (Å²) >= 11 is 1.61. The molecule has 1 saturated heterocycles. The molecule has 0 spiro atoms. The fraction of sp³-hybridized carbons (Fsp3) is 0.588. The predicted molar refractivity (Wildman–Crippen MR) is 97.3 cm³/mol. The molecule has 1 aliphatic carbocycles. The molecular formula is C17H23N5OS. The first-order chi connectivity index (χ1) is 11.7. The summed E-state index contributed by atoms with van der Waals surface area (Å²) in [6.07, 6.45) is 7.81. The Morgan fingerprint density at radius 2 is 2.12 bits per heavy atom. The Bertz CT molecular complexity index is 733. The van der Waals surface area contributed by atoms with E-state index in [4.69, 9.17) is 0 Å². The van der Waals surface area contributed by atoms with Crippen molar-refractivity contribution in [2.75, 3.05) is 37.0 Å². The van der Waals surface area contributed by atoms with Gasteiger partial charge in [-0.3, -0.25) is 4.79 Å². The molecule has 6 nitrogen and oxygen atoms in total. The molecule has 0 radical (unpaired) electrons. The van der Waals surface area contributed by atoms with E-state index < -0.39 is 0 Å². The van der Waals surface area contributed by atoms with Crippen LogP contribution in [-0.2, 0) is 4.79 Å². The lowest BCUT2D eigenvalue weighted by Gasteiger charge is -2.28. The number of nitrogens with zero attached hydrogens (tertiary/aromatic N) is 4. The van der Waals surface area contributed by atoms with E-state index in [1.54, 1.807) is 18.1 Å². The summed E-state index contributed by atoms with van der Waals surface area (Å²) < 4.78 is 0. The van der Waals surface area contributed by atoms with Gasteiger partial charge in [-0.25, -0.2) is 9.97 Å². The van der Waals surface area contributed by atoms with Crippen LogP contribution in [0.4, 0.5) is 5.82 Å². The monoisotopic (exact) mass is 345 g/mol. The molecule has 2 aromatic rings.